The molecule has 0 atom stereocenters. The van der Waals surface area contributed by atoms with Gasteiger partial charge < -0.3 is 9.84 Å². The number of nitrogens with one attached hydrogen (secondary N) is 1. The van der Waals surface area contributed by atoms with Gasteiger partial charge in [0, 0.05) is 12.1 Å². The first kappa shape index (κ1) is 14.0. The highest BCUT2D eigenvalue weighted by atomic mass is 19.1. The summed E-state index contributed by atoms with van der Waals surface area (Å²) in [5, 5.41) is 6.47. The van der Waals surface area contributed by atoms with E-state index >= 15 is 0 Å². The van der Waals surface area contributed by atoms with E-state index in [0.717, 1.165) is 11.1 Å². The van der Waals surface area contributed by atoms with Crippen LogP contribution in [0.5, 0.6) is 0 Å². The van der Waals surface area contributed by atoms with Crippen molar-refractivity contribution in [2.45, 2.75) is 6.54 Å². The average Bonchev–Trinajstić information content (AvgIpc) is 3.04. The van der Waals surface area contributed by atoms with E-state index in [-0.39, 0.29) is 11.7 Å². The van der Waals surface area contributed by atoms with Crippen LogP contribution in [0, 0.1) is 5.82 Å². The molecule has 1 aromatic heterocycles. The van der Waals surface area contributed by atoms with Crippen LogP contribution in [-0.2, 0) is 6.54 Å². The Hall–Kier alpha value is -2.95. The van der Waals surface area contributed by atoms with Gasteiger partial charge in [0.2, 0.25) is 0 Å². The lowest BCUT2D eigenvalue weighted by Crippen LogP contribution is -2.22. The summed E-state index contributed by atoms with van der Waals surface area (Å²) in [6, 6.07) is 15.3. The molecule has 0 aliphatic carbocycles. The van der Waals surface area contributed by atoms with Gasteiger partial charge >= 0.3 is 0 Å². The van der Waals surface area contributed by atoms with Crippen molar-refractivity contribution in [2.75, 3.05) is 0 Å². The zero-order valence-electron chi connectivity index (χ0n) is 11.6. The number of aromatic nitrogens is 1. The van der Waals surface area contributed by atoms with Gasteiger partial charge in [0.05, 0.1) is 6.20 Å². The fraction of sp³-hybridized carbons (Fsp3) is 0.0588. The predicted octanol–water partition coefficient (Wildman–Crippen LogP) is 3.41. The van der Waals surface area contributed by atoms with Crippen molar-refractivity contribution in [1.29, 1.82) is 0 Å². The Morgan fingerprint density at radius 1 is 1.09 bits per heavy atom. The Morgan fingerprint density at radius 3 is 2.55 bits per heavy atom. The van der Waals surface area contributed by atoms with E-state index in [2.05, 4.69) is 10.5 Å². The van der Waals surface area contributed by atoms with E-state index in [1.54, 1.807) is 12.1 Å². The van der Waals surface area contributed by atoms with Crippen LogP contribution >= 0.6 is 0 Å². The second-order valence-corrected chi connectivity index (χ2v) is 4.74. The molecule has 0 aliphatic rings. The van der Waals surface area contributed by atoms with Gasteiger partial charge in [-0.3, -0.25) is 4.79 Å². The monoisotopic (exact) mass is 296 g/mol. The highest BCUT2D eigenvalue weighted by molar-refractivity contribution is 5.99. The van der Waals surface area contributed by atoms with E-state index in [1.807, 2.05) is 30.3 Å². The Labute approximate surface area is 126 Å². The molecule has 0 unspecified atom stereocenters. The number of carbonyl (C=O) groups excluding carboxylic acids is 1. The molecule has 22 heavy (non-hydrogen) atoms. The smallest absolute Gasteiger partial charge is 0.257 e. The molecule has 0 bridgehead atoms. The Morgan fingerprint density at radius 2 is 1.82 bits per heavy atom. The minimum atomic E-state index is -0.305. The van der Waals surface area contributed by atoms with Gasteiger partial charge in [-0.25, -0.2) is 4.39 Å². The maximum absolute atomic E-state index is 12.8. The van der Waals surface area contributed by atoms with E-state index in [0.29, 0.717) is 17.9 Å². The first-order chi connectivity index (χ1) is 10.7. The van der Waals surface area contributed by atoms with Crippen LogP contribution in [0.3, 0.4) is 0 Å². The van der Waals surface area contributed by atoms with Gasteiger partial charge in [-0.2, -0.15) is 0 Å². The summed E-state index contributed by atoms with van der Waals surface area (Å²) in [6.45, 7) is 0.304. The summed E-state index contributed by atoms with van der Waals surface area (Å²) in [4.78, 5) is 12.3. The largest absolute Gasteiger partial charge is 0.355 e. The number of nitrogens with zero attached hydrogens (tertiary/aromatic N) is 1. The SMILES string of the molecule is O=C(NCc1ccc(F)cc1)c1cnoc1-c1ccccc1. The standard InChI is InChI=1S/C17H13FN2O2/c18-14-8-6-12(7-9-14)10-19-17(21)15-11-20-22-16(15)13-4-2-1-3-5-13/h1-9,11H,10H2,(H,19,21). The maximum atomic E-state index is 12.8. The summed E-state index contributed by atoms with van der Waals surface area (Å²) in [5.74, 6) is -0.165. The molecule has 0 saturated carbocycles. The zero-order chi connectivity index (χ0) is 15.4. The Kier molecular flexibility index (Phi) is 3.96. The van der Waals surface area contributed by atoms with Gasteiger partial charge in [-0.1, -0.05) is 47.6 Å². The summed E-state index contributed by atoms with van der Waals surface area (Å²) in [7, 11) is 0. The minimum absolute atomic E-state index is 0.288. The molecule has 1 amide bonds. The average molecular weight is 296 g/mol. The van der Waals surface area contributed by atoms with Crippen LogP contribution in [0.2, 0.25) is 0 Å². The molecule has 0 radical (unpaired) electrons. The molecule has 2 aromatic carbocycles. The van der Waals surface area contributed by atoms with E-state index in [1.165, 1.54) is 18.3 Å². The fourth-order valence-electron chi connectivity index (χ4n) is 2.08. The number of benzene rings is 2. The lowest BCUT2D eigenvalue weighted by molar-refractivity contribution is 0.0951. The van der Waals surface area contributed by atoms with Crippen LogP contribution in [0.25, 0.3) is 11.3 Å². The zero-order valence-corrected chi connectivity index (χ0v) is 11.6. The summed E-state index contributed by atoms with van der Waals surface area (Å²) in [5.41, 5.74) is 1.97. The topological polar surface area (TPSA) is 55.1 Å². The predicted molar refractivity (Wildman–Crippen MR) is 79.5 cm³/mol. The van der Waals surface area contributed by atoms with Crippen LogP contribution in [0.15, 0.2) is 65.3 Å². The van der Waals surface area contributed by atoms with E-state index < -0.39 is 0 Å². The highest BCUT2D eigenvalue weighted by Crippen LogP contribution is 2.23. The summed E-state index contributed by atoms with van der Waals surface area (Å²) in [6.07, 6.45) is 1.39. The Bertz CT molecular complexity index is 767. The molecule has 0 saturated heterocycles. The maximum Gasteiger partial charge on any atom is 0.257 e. The van der Waals surface area contributed by atoms with Crippen LogP contribution in [0.4, 0.5) is 4.39 Å². The lowest BCUT2D eigenvalue weighted by Gasteiger charge is -2.05. The van der Waals surface area contributed by atoms with Gasteiger partial charge in [0.15, 0.2) is 5.76 Å². The molecule has 1 N–H and O–H groups in total. The fourth-order valence-corrected chi connectivity index (χ4v) is 2.08. The number of hydrogen-bond donors (Lipinski definition) is 1. The summed E-state index contributed by atoms with van der Waals surface area (Å²) >= 11 is 0. The molecule has 3 aromatic rings. The van der Waals surface area contributed by atoms with Crippen LogP contribution in [0.1, 0.15) is 15.9 Å². The van der Waals surface area contributed by atoms with Crippen LogP contribution < -0.4 is 5.32 Å². The molecular formula is C17H13FN2O2. The van der Waals surface area contributed by atoms with Gasteiger partial charge in [-0.05, 0) is 17.7 Å². The van der Waals surface area contributed by atoms with Crippen molar-refractivity contribution in [1.82, 2.24) is 10.5 Å². The van der Waals surface area contributed by atoms with Gasteiger partial charge in [0.1, 0.15) is 11.4 Å². The second kappa shape index (κ2) is 6.22. The van der Waals surface area contributed by atoms with Crippen molar-refractivity contribution >= 4 is 5.91 Å². The molecule has 0 aliphatic heterocycles. The normalized spacial score (nSPS) is 10.4. The van der Waals surface area contributed by atoms with Gasteiger partial charge in [-0.15, -0.1) is 0 Å². The van der Waals surface area contributed by atoms with Gasteiger partial charge in [0.25, 0.3) is 5.91 Å². The third kappa shape index (κ3) is 3.03. The van der Waals surface area contributed by atoms with E-state index in [9.17, 15) is 9.18 Å². The van der Waals surface area contributed by atoms with E-state index in [4.69, 9.17) is 4.52 Å². The lowest BCUT2D eigenvalue weighted by atomic mass is 10.1. The third-order valence-electron chi connectivity index (χ3n) is 3.22. The number of carbonyl (C=O) groups is 1. The highest BCUT2D eigenvalue weighted by Gasteiger charge is 2.17. The van der Waals surface area contributed by atoms with Crippen molar-refractivity contribution < 1.29 is 13.7 Å². The molecule has 3 rings (SSSR count). The number of hydrogen-bond acceptors (Lipinski definition) is 3. The first-order valence-corrected chi connectivity index (χ1v) is 6.77. The van der Waals surface area contributed by atoms with Crippen molar-refractivity contribution in [3.05, 3.63) is 77.7 Å². The van der Waals surface area contributed by atoms with Crippen molar-refractivity contribution in [3.63, 3.8) is 0 Å². The Balaban J connectivity index is 1.73. The number of rotatable bonds is 4. The molecule has 4 nitrogen and oxygen atoms in total. The number of halogens is 1. The molecule has 5 heteroatoms. The summed E-state index contributed by atoms with van der Waals surface area (Å²) < 4.78 is 18.0. The second-order valence-electron chi connectivity index (χ2n) is 4.74. The molecule has 110 valence electrons. The quantitative estimate of drug-likeness (QED) is 0.802. The third-order valence-corrected chi connectivity index (χ3v) is 3.22. The molecule has 1 heterocycles. The number of amides is 1. The van der Waals surface area contributed by atoms with Crippen molar-refractivity contribution in [2.24, 2.45) is 0 Å². The molecule has 0 fully saturated rings. The van der Waals surface area contributed by atoms with Crippen molar-refractivity contribution in [3.8, 4) is 11.3 Å². The molecular weight excluding hydrogens is 283 g/mol. The minimum Gasteiger partial charge on any atom is -0.355 e. The first-order valence-electron chi connectivity index (χ1n) is 6.77. The van der Waals surface area contributed by atoms with Crippen LogP contribution in [-0.4, -0.2) is 11.1 Å². The molecule has 0 spiro atoms.